The second-order valence-corrected chi connectivity index (χ2v) is 6.71. The lowest BCUT2D eigenvalue weighted by Crippen LogP contribution is -2.20. The SMILES string of the molecule is CCCCCCCCCCS(=O)(=O)CC(=O)OO. The Morgan fingerprint density at radius 3 is 2.00 bits per heavy atom. The second kappa shape index (κ2) is 10.3. The zero-order valence-electron chi connectivity index (χ0n) is 11.1. The number of unbranched alkanes of at least 4 members (excludes halogenated alkanes) is 7. The maximum atomic E-state index is 11.4. The predicted octanol–water partition coefficient (Wildman–Crippen LogP) is 2.56. The van der Waals surface area contributed by atoms with E-state index >= 15 is 0 Å². The van der Waals surface area contributed by atoms with Crippen molar-refractivity contribution in [2.45, 2.75) is 58.3 Å². The van der Waals surface area contributed by atoms with Crippen LogP contribution in [0.3, 0.4) is 0 Å². The van der Waals surface area contributed by atoms with E-state index in [1.165, 1.54) is 25.7 Å². The summed E-state index contributed by atoms with van der Waals surface area (Å²) in [5, 5.41) is 8.00. The third-order valence-electron chi connectivity index (χ3n) is 2.75. The number of carbonyl (C=O) groups excluding carboxylic acids is 1. The van der Waals surface area contributed by atoms with Crippen molar-refractivity contribution >= 4 is 15.8 Å². The molecule has 0 aliphatic rings. The summed E-state index contributed by atoms with van der Waals surface area (Å²) in [7, 11) is -3.43. The van der Waals surface area contributed by atoms with E-state index in [0.29, 0.717) is 6.42 Å². The first-order chi connectivity index (χ1) is 8.52. The molecule has 0 amide bonds. The van der Waals surface area contributed by atoms with Crippen LogP contribution in [0, 0.1) is 0 Å². The Kier molecular flexibility index (Phi) is 9.96. The lowest BCUT2D eigenvalue weighted by atomic mass is 10.1. The van der Waals surface area contributed by atoms with E-state index in [2.05, 4.69) is 11.8 Å². The van der Waals surface area contributed by atoms with Gasteiger partial charge in [0.1, 0.15) is 0 Å². The molecule has 0 atom stereocenters. The van der Waals surface area contributed by atoms with E-state index in [9.17, 15) is 13.2 Å². The van der Waals surface area contributed by atoms with Gasteiger partial charge in [-0.1, -0.05) is 51.9 Å². The predicted molar refractivity (Wildman–Crippen MR) is 70.0 cm³/mol. The van der Waals surface area contributed by atoms with E-state index in [-0.39, 0.29) is 5.75 Å². The Bertz CT molecular complexity index is 310. The van der Waals surface area contributed by atoms with Crippen molar-refractivity contribution in [2.24, 2.45) is 0 Å². The van der Waals surface area contributed by atoms with Gasteiger partial charge in [-0.05, 0) is 6.42 Å². The molecule has 5 nitrogen and oxygen atoms in total. The third kappa shape index (κ3) is 10.5. The minimum absolute atomic E-state index is 0.0168. The van der Waals surface area contributed by atoms with E-state index in [1.807, 2.05) is 0 Å². The number of sulfone groups is 1. The molecule has 0 aromatic rings. The summed E-state index contributed by atoms with van der Waals surface area (Å²) in [4.78, 5) is 14.0. The molecule has 1 N–H and O–H groups in total. The van der Waals surface area contributed by atoms with Gasteiger partial charge in [0.15, 0.2) is 15.6 Å². The highest BCUT2D eigenvalue weighted by atomic mass is 32.2. The van der Waals surface area contributed by atoms with Gasteiger partial charge in [-0.3, -0.25) is 4.89 Å². The van der Waals surface area contributed by atoms with Crippen molar-refractivity contribution in [1.29, 1.82) is 0 Å². The molecular weight excluding hydrogens is 256 g/mol. The summed E-state index contributed by atoms with van der Waals surface area (Å²) < 4.78 is 22.7. The summed E-state index contributed by atoms with van der Waals surface area (Å²) >= 11 is 0. The van der Waals surface area contributed by atoms with Crippen molar-refractivity contribution in [3.63, 3.8) is 0 Å². The average Bonchev–Trinajstić information content (AvgIpc) is 2.31. The first kappa shape index (κ1) is 17.4. The van der Waals surface area contributed by atoms with Crippen molar-refractivity contribution in [1.82, 2.24) is 0 Å². The lowest BCUT2D eigenvalue weighted by Gasteiger charge is -2.03. The molecule has 0 rings (SSSR count). The van der Waals surface area contributed by atoms with Crippen molar-refractivity contribution in [3.8, 4) is 0 Å². The number of rotatable bonds is 11. The first-order valence-electron chi connectivity index (χ1n) is 6.56. The average molecular weight is 280 g/mol. The highest BCUT2D eigenvalue weighted by Gasteiger charge is 2.17. The minimum atomic E-state index is -3.43. The molecule has 0 aliphatic heterocycles. The lowest BCUT2D eigenvalue weighted by molar-refractivity contribution is -0.231. The van der Waals surface area contributed by atoms with Gasteiger partial charge in [-0.15, -0.1) is 0 Å². The Morgan fingerprint density at radius 1 is 1.00 bits per heavy atom. The first-order valence-corrected chi connectivity index (χ1v) is 8.38. The standard InChI is InChI=1S/C12H24O5S/c1-2-3-4-5-6-7-8-9-10-18(15,16)11-12(13)17-14/h14H,2-11H2,1H3. The molecule has 0 unspecified atom stereocenters. The van der Waals surface area contributed by atoms with E-state index in [1.54, 1.807) is 0 Å². The molecule has 18 heavy (non-hydrogen) atoms. The minimum Gasteiger partial charge on any atom is -0.300 e. The van der Waals surface area contributed by atoms with E-state index in [4.69, 9.17) is 5.26 Å². The van der Waals surface area contributed by atoms with Crippen LogP contribution < -0.4 is 0 Å². The Hall–Kier alpha value is -0.620. The van der Waals surface area contributed by atoms with Crippen LogP contribution in [0.1, 0.15) is 58.3 Å². The highest BCUT2D eigenvalue weighted by Crippen LogP contribution is 2.09. The normalized spacial score (nSPS) is 11.4. The number of hydrogen-bond acceptors (Lipinski definition) is 5. The fourth-order valence-corrected chi connectivity index (χ4v) is 2.93. The van der Waals surface area contributed by atoms with Gasteiger partial charge in [-0.2, -0.15) is 5.26 Å². The van der Waals surface area contributed by atoms with Gasteiger partial charge in [0.2, 0.25) is 0 Å². The molecule has 0 aromatic heterocycles. The molecule has 0 saturated carbocycles. The van der Waals surface area contributed by atoms with Crippen molar-refractivity contribution in [3.05, 3.63) is 0 Å². The summed E-state index contributed by atoms with van der Waals surface area (Å²) in [6.07, 6.45) is 8.53. The second-order valence-electron chi connectivity index (χ2n) is 4.53. The molecule has 0 spiro atoms. The topological polar surface area (TPSA) is 80.7 Å². The maximum absolute atomic E-state index is 11.4. The van der Waals surface area contributed by atoms with Gasteiger partial charge in [0, 0.05) is 0 Å². The largest absolute Gasteiger partial charge is 0.357 e. The van der Waals surface area contributed by atoms with Gasteiger partial charge in [-0.25, -0.2) is 13.2 Å². The number of carbonyl (C=O) groups is 1. The summed E-state index contributed by atoms with van der Waals surface area (Å²) in [6.45, 7) is 2.17. The molecule has 0 saturated heterocycles. The van der Waals surface area contributed by atoms with Crippen LogP contribution in [0.25, 0.3) is 0 Å². The third-order valence-corrected chi connectivity index (χ3v) is 4.33. The van der Waals surface area contributed by atoms with Crippen LogP contribution in [0.2, 0.25) is 0 Å². The summed E-state index contributed by atoms with van der Waals surface area (Å²) in [6, 6.07) is 0. The molecule has 0 fully saturated rings. The smallest absolute Gasteiger partial charge is 0.300 e. The zero-order chi connectivity index (χ0) is 13.9. The Labute approximate surface area is 109 Å². The number of hydrogen-bond donors (Lipinski definition) is 1. The van der Waals surface area contributed by atoms with Crippen LogP contribution >= 0.6 is 0 Å². The molecule has 6 heteroatoms. The fourth-order valence-electron chi connectivity index (χ4n) is 1.73. The van der Waals surface area contributed by atoms with Gasteiger partial charge >= 0.3 is 5.97 Å². The molecule has 0 aromatic carbocycles. The Balaban J connectivity index is 3.50. The Morgan fingerprint density at radius 2 is 1.50 bits per heavy atom. The van der Waals surface area contributed by atoms with E-state index < -0.39 is 21.6 Å². The fraction of sp³-hybridized carbons (Fsp3) is 0.917. The molecule has 108 valence electrons. The van der Waals surface area contributed by atoms with Crippen LogP contribution in [-0.4, -0.2) is 31.2 Å². The quantitative estimate of drug-likeness (QED) is 0.357. The molecular formula is C12H24O5S. The maximum Gasteiger partial charge on any atom is 0.357 e. The monoisotopic (exact) mass is 280 g/mol. The van der Waals surface area contributed by atoms with Gasteiger partial charge in [0.25, 0.3) is 0 Å². The molecule has 0 aliphatic carbocycles. The van der Waals surface area contributed by atoms with Crippen LogP contribution in [0.15, 0.2) is 0 Å². The van der Waals surface area contributed by atoms with Gasteiger partial charge in [0.05, 0.1) is 5.75 Å². The summed E-state index contributed by atoms with van der Waals surface area (Å²) in [5.74, 6) is -1.87. The highest BCUT2D eigenvalue weighted by molar-refractivity contribution is 7.92. The van der Waals surface area contributed by atoms with E-state index in [0.717, 1.165) is 19.3 Å². The molecule has 0 radical (unpaired) electrons. The molecule has 0 heterocycles. The molecule has 0 bridgehead atoms. The van der Waals surface area contributed by atoms with Crippen molar-refractivity contribution < 1.29 is 23.4 Å². The van der Waals surface area contributed by atoms with Crippen LogP contribution in [0.5, 0.6) is 0 Å². The van der Waals surface area contributed by atoms with Crippen LogP contribution in [-0.2, 0) is 19.5 Å². The zero-order valence-corrected chi connectivity index (χ0v) is 11.9. The van der Waals surface area contributed by atoms with Crippen molar-refractivity contribution in [2.75, 3.05) is 11.5 Å². The van der Waals surface area contributed by atoms with Crippen LogP contribution in [0.4, 0.5) is 0 Å². The summed E-state index contributed by atoms with van der Waals surface area (Å²) in [5.41, 5.74) is 0. The van der Waals surface area contributed by atoms with Gasteiger partial charge < -0.3 is 0 Å².